The van der Waals surface area contributed by atoms with Gasteiger partial charge >= 0.3 is 0 Å². The van der Waals surface area contributed by atoms with Gasteiger partial charge in [0, 0.05) is 24.8 Å². The van der Waals surface area contributed by atoms with E-state index in [1.807, 2.05) is 13.8 Å². The fourth-order valence-corrected chi connectivity index (χ4v) is 2.85. The van der Waals surface area contributed by atoms with E-state index in [-0.39, 0.29) is 0 Å². The van der Waals surface area contributed by atoms with E-state index in [1.165, 1.54) is 13.3 Å². The molecule has 2 amide bonds. The van der Waals surface area contributed by atoms with Gasteiger partial charge in [-0.25, -0.2) is 4.98 Å². The number of nitrogens with zero attached hydrogens (tertiary/aromatic N) is 2. The molecule has 0 radical (unpaired) electrons. The summed E-state index contributed by atoms with van der Waals surface area (Å²) in [6, 6.07) is 8.34. The lowest BCUT2D eigenvalue weighted by Gasteiger charge is -2.19. The Morgan fingerprint density at radius 3 is 2.19 bits per heavy atom. The number of amides is 2. The Hall–Kier alpha value is -3.29. The number of methoxy groups -OCH3 is 1. The van der Waals surface area contributed by atoms with Crippen LogP contribution in [0.2, 0.25) is 0 Å². The maximum Gasteiger partial charge on any atom is 0.271 e. The lowest BCUT2D eigenvalue weighted by molar-refractivity contribution is 0.0846. The molecule has 0 atom stereocenters. The molecule has 0 fully saturated rings. The van der Waals surface area contributed by atoms with E-state index in [1.54, 1.807) is 30.3 Å². The van der Waals surface area contributed by atoms with Crippen LogP contribution < -0.4 is 25.2 Å². The second-order valence-electron chi connectivity index (χ2n) is 7.38. The third-order valence-electron chi connectivity index (χ3n) is 4.77. The average Bonchev–Trinajstić information content (AvgIpc) is 2.78. The molecule has 1 aromatic heterocycles. The van der Waals surface area contributed by atoms with E-state index in [0.29, 0.717) is 35.2 Å². The largest absolute Gasteiger partial charge is 0.493 e. The number of benzene rings is 1. The van der Waals surface area contributed by atoms with Crippen LogP contribution in [0.5, 0.6) is 11.5 Å². The number of carbonyl (C=O) groups excluding carboxylic acids is 2. The van der Waals surface area contributed by atoms with Crippen molar-refractivity contribution < 1.29 is 19.1 Å². The van der Waals surface area contributed by atoms with Crippen LogP contribution in [-0.4, -0.2) is 43.6 Å². The van der Waals surface area contributed by atoms with Crippen LogP contribution in [0.1, 0.15) is 54.8 Å². The third-order valence-corrected chi connectivity index (χ3v) is 4.77. The summed E-state index contributed by atoms with van der Waals surface area (Å²) in [5.41, 5.74) is 5.51. The minimum absolute atomic E-state index is 0.336. The van der Waals surface area contributed by atoms with Crippen LogP contribution in [0.3, 0.4) is 0 Å². The van der Waals surface area contributed by atoms with Crippen molar-refractivity contribution in [1.29, 1.82) is 0 Å². The highest BCUT2D eigenvalue weighted by atomic mass is 16.5. The minimum Gasteiger partial charge on any atom is -0.493 e. The molecule has 8 nitrogen and oxygen atoms in total. The number of carbonyl (C=O) groups is 2. The highest BCUT2D eigenvalue weighted by molar-refractivity contribution is 5.99. The van der Waals surface area contributed by atoms with Gasteiger partial charge in [0.25, 0.3) is 11.8 Å². The van der Waals surface area contributed by atoms with Gasteiger partial charge in [-0.15, -0.1) is 0 Å². The second-order valence-corrected chi connectivity index (χ2v) is 7.38. The molecular weight excluding hydrogens is 396 g/mol. The Bertz CT molecular complexity index is 864. The van der Waals surface area contributed by atoms with Crippen LogP contribution in [-0.2, 0) is 0 Å². The molecule has 0 aliphatic rings. The van der Waals surface area contributed by atoms with Gasteiger partial charge in [0.15, 0.2) is 11.5 Å². The number of anilines is 1. The number of rotatable bonds is 10. The van der Waals surface area contributed by atoms with Crippen molar-refractivity contribution >= 4 is 17.6 Å². The van der Waals surface area contributed by atoms with E-state index in [2.05, 4.69) is 34.6 Å². The van der Waals surface area contributed by atoms with Gasteiger partial charge in [-0.3, -0.25) is 20.4 Å². The van der Waals surface area contributed by atoms with Crippen molar-refractivity contribution in [3.05, 3.63) is 47.7 Å². The lowest BCUT2D eigenvalue weighted by Crippen LogP contribution is -2.41. The predicted molar refractivity (Wildman–Crippen MR) is 121 cm³/mol. The fraction of sp³-hybridized carbons (Fsp3) is 0.435. The van der Waals surface area contributed by atoms with Gasteiger partial charge < -0.3 is 14.4 Å². The smallest absolute Gasteiger partial charge is 0.271 e. The zero-order chi connectivity index (χ0) is 22.8. The van der Waals surface area contributed by atoms with Crippen LogP contribution in [0, 0.1) is 5.92 Å². The van der Waals surface area contributed by atoms with E-state index >= 15 is 0 Å². The monoisotopic (exact) mass is 428 g/mol. The Kier molecular flexibility index (Phi) is 9.12. The highest BCUT2D eigenvalue weighted by Crippen LogP contribution is 2.28. The van der Waals surface area contributed by atoms with Gasteiger partial charge in [-0.05, 0) is 56.5 Å². The van der Waals surface area contributed by atoms with Gasteiger partial charge in [0.1, 0.15) is 5.82 Å². The van der Waals surface area contributed by atoms with Crippen LogP contribution in [0.15, 0.2) is 36.5 Å². The standard InChI is InChI=1S/C23H32N4O4/c1-6-27(7-2)21-11-9-18(15-24-21)23(29)26-25-22(28)17-8-10-19(20(14-17)30-5)31-13-12-16(3)4/h8-11,14-16H,6-7,12-13H2,1-5H3,(H,25,28)(H,26,29). The van der Waals surface area contributed by atoms with Gasteiger partial charge in [-0.2, -0.15) is 0 Å². The zero-order valence-electron chi connectivity index (χ0n) is 18.9. The van der Waals surface area contributed by atoms with Crippen LogP contribution in [0.25, 0.3) is 0 Å². The summed E-state index contributed by atoms with van der Waals surface area (Å²) in [5.74, 6) is 1.44. The summed E-state index contributed by atoms with van der Waals surface area (Å²) in [4.78, 5) is 31.2. The molecular formula is C23H32N4O4. The zero-order valence-corrected chi connectivity index (χ0v) is 18.9. The van der Waals surface area contributed by atoms with Crippen LogP contribution in [0.4, 0.5) is 5.82 Å². The van der Waals surface area contributed by atoms with Crippen molar-refractivity contribution in [2.75, 3.05) is 31.7 Å². The van der Waals surface area contributed by atoms with E-state index in [0.717, 1.165) is 25.3 Å². The molecule has 1 heterocycles. The van der Waals surface area contributed by atoms with Crippen molar-refractivity contribution in [3.8, 4) is 11.5 Å². The first-order valence-electron chi connectivity index (χ1n) is 10.5. The number of ether oxygens (including phenoxy) is 2. The molecule has 1 aromatic carbocycles. The molecule has 2 N–H and O–H groups in total. The summed E-state index contributed by atoms with van der Waals surface area (Å²) in [5, 5.41) is 0. The molecule has 0 aliphatic heterocycles. The summed E-state index contributed by atoms with van der Waals surface area (Å²) >= 11 is 0. The SMILES string of the molecule is CCN(CC)c1ccc(C(=O)NNC(=O)c2ccc(OCCC(C)C)c(OC)c2)cn1. The minimum atomic E-state index is -0.465. The number of pyridine rings is 1. The van der Waals surface area contributed by atoms with Crippen molar-refractivity contribution in [1.82, 2.24) is 15.8 Å². The normalized spacial score (nSPS) is 10.5. The highest BCUT2D eigenvalue weighted by Gasteiger charge is 2.14. The molecule has 0 unspecified atom stereocenters. The van der Waals surface area contributed by atoms with Crippen molar-refractivity contribution in [2.45, 2.75) is 34.1 Å². The van der Waals surface area contributed by atoms with Crippen LogP contribution >= 0.6 is 0 Å². The molecule has 0 spiro atoms. The second kappa shape index (κ2) is 11.8. The Morgan fingerprint density at radius 1 is 1.00 bits per heavy atom. The Labute approximate surface area is 183 Å². The van der Waals surface area contributed by atoms with Gasteiger partial charge in [-0.1, -0.05) is 13.8 Å². The molecule has 0 saturated carbocycles. The first-order valence-corrected chi connectivity index (χ1v) is 10.5. The maximum atomic E-state index is 12.4. The van der Waals surface area contributed by atoms with E-state index in [4.69, 9.17) is 9.47 Å². The number of hydrogen-bond donors (Lipinski definition) is 2. The molecule has 0 saturated heterocycles. The predicted octanol–water partition coefficient (Wildman–Crippen LogP) is 3.44. The van der Waals surface area contributed by atoms with Crippen molar-refractivity contribution in [3.63, 3.8) is 0 Å². The third kappa shape index (κ3) is 6.87. The molecule has 2 aromatic rings. The topological polar surface area (TPSA) is 92.8 Å². The molecule has 0 bridgehead atoms. The Morgan fingerprint density at radius 2 is 1.65 bits per heavy atom. The van der Waals surface area contributed by atoms with E-state index < -0.39 is 11.8 Å². The molecule has 2 rings (SSSR count). The number of hydrazine groups is 1. The molecule has 31 heavy (non-hydrogen) atoms. The summed E-state index contributed by atoms with van der Waals surface area (Å²) < 4.78 is 11.1. The maximum absolute atomic E-state index is 12.4. The van der Waals surface area contributed by atoms with Crippen molar-refractivity contribution in [2.24, 2.45) is 5.92 Å². The number of nitrogens with one attached hydrogen (secondary N) is 2. The first kappa shape index (κ1) is 24.0. The fourth-order valence-electron chi connectivity index (χ4n) is 2.85. The summed E-state index contributed by atoms with van der Waals surface area (Å²) in [7, 11) is 1.52. The number of hydrogen-bond acceptors (Lipinski definition) is 6. The molecule has 0 aliphatic carbocycles. The molecule has 8 heteroatoms. The van der Waals surface area contributed by atoms with E-state index in [9.17, 15) is 9.59 Å². The lowest BCUT2D eigenvalue weighted by atomic mass is 10.1. The molecule has 168 valence electrons. The number of aromatic nitrogens is 1. The van der Waals surface area contributed by atoms with Gasteiger partial charge in [0.05, 0.1) is 19.3 Å². The van der Waals surface area contributed by atoms with Gasteiger partial charge in [0.2, 0.25) is 0 Å². The summed E-state index contributed by atoms with van der Waals surface area (Å²) in [6.45, 7) is 10.6. The average molecular weight is 429 g/mol. The Balaban J connectivity index is 1.96. The quantitative estimate of drug-likeness (QED) is 0.563. The summed E-state index contributed by atoms with van der Waals surface area (Å²) in [6.07, 6.45) is 2.41. The first-order chi connectivity index (χ1) is 14.9.